The van der Waals surface area contributed by atoms with Gasteiger partial charge in [0.05, 0.1) is 31.3 Å². The van der Waals surface area contributed by atoms with Gasteiger partial charge in [-0.2, -0.15) is 5.26 Å². The van der Waals surface area contributed by atoms with E-state index >= 15 is 0 Å². The summed E-state index contributed by atoms with van der Waals surface area (Å²) < 4.78 is 9.66. The highest BCUT2D eigenvalue weighted by atomic mass is 16.5. The van der Waals surface area contributed by atoms with Crippen LogP contribution in [0, 0.1) is 11.3 Å². The zero-order valence-electron chi connectivity index (χ0n) is 14.6. The third-order valence-electron chi connectivity index (χ3n) is 4.55. The predicted molar refractivity (Wildman–Crippen MR) is 94.8 cm³/mol. The van der Waals surface area contributed by atoms with E-state index in [-0.39, 0.29) is 16.7 Å². The number of methoxy groups -OCH3 is 2. The second-order valence-corrected chi connectivity index (χ2v) is 6.06. The van der Waals surface area contributed by atoms with Gasteiger partial charge in [-0.25, -0.2) is 9.59 Å². The zero-order valence-corrected chi connectivity index (χ0v) is 14.6. The molecule has 6 heteroatoms. The Hall–Kier alpha value is -3.33. The molecular formula is C20H18N2O4. The van der Waals surface area contributed by atoms with E-state index in [1.54, 1.807) is 23.3 Å². The summed E-state index contributed by atoms with van der Waals surface area (Å²) in [5.74, 6) is -1.28. The van der Waals surface area contributed by atoms with Crippen molar-refractivity contribution in [1.29, 1.82) is 5.26 Å². The lowest BCUT2D eigenvalue weighted by atomic mass is 9.97. The summed E-state index contributed by atoms with van der Waals surface area (Å²) in [6, 6.07) is 9.76. The smallest absolute Gasteiger partial charge is 0.355 e. The topological polar surface area (TPSA) is 79.6 Å². The van der Waals surface area contributed by atoms with Crippen molar-refractivity contribution in [3.63, 3.8) is 0 Å². The molecule has 1 aliphatic heterocycles. The van der Waals surface area contributed by atoms with E-state index in [9.17, 15) is 14.9 Å². The maximum atomic E-state index is 12.4. The number of allylic oxidation sites excluding steroid dienone is 2. The number of benzene rings is 1. The molecule has 26 heavy (non-hydrogen) atoms. The van der Waals surface area contributed by atoms with Gasteiger partial charge in [0.2, 0.25) is 0 Å². The van der Waals surface area contributed by atoms with E-state index in [0.29, 0.717) is 5.69 Å². The van der Waals surface area contributed by atoms with Gasteiger partial charge in [0, 0.05) is 11.9 Å². The average molecular weight is 350 g/mol. The molecule has 0 saturated heterocycles. The molecule has 0 atom stereocenters. The van der Waals surface area contributed by atoms with Gasteiger partial charge >= 0.3 is 11.9 Å². The van der Waals surface area contributed by atoms with Gasteiger partial charge in [0.25, 0.3) is 0 Å². The first kappa shape index (κ1) is 17.5. The minimum Gasteiger partial charge on any atom is -0.465 e. The van der Waals surface area contributed by atoms with Crippen LogP contribution in [0.15, 0.2) is 60.0 Å². The molecule has 0 spiro atoms. The third kappa shape index (κ3) is 3.00. The fraction of sp³-hybridized carbons (Fsp3) is 0.250. The Labute approximate surface area is 151 Å². The Morgan fingerprint density at radius 1 is 1.08 bits per heavy atom. The minimum absolute atomic E-state index is 0.0681. The van der Waals surface area contributed by atoms with Crippen LogP contribution in [0.1, 0.15) is 18.4 Å². The number of nitrogens with zero attached hydrogens (tertiary/aromatic N) is 2. The molecule has 1 saturated carbocycles. The molecule has 132 valence electrons. The van der Waals surface area contributed by atoms with Gasteiger partial charge in [-0.3, -0.25) is 0 Å². The Morgan fingerprint density at radius 2 is 1.73 bits per heavy atom. The van der Waals surface area contributed by atoms with Crippen LogP contribution in [0.4, 0.5) is 5.69 Å². The molecule has 0 bridgehead atoms. The molecule has 0 N–H and O–H groups in total. The third-order valence-corrected chi connectivity index (χ3v) is 4.55. The quantitative estimate of drug-likeness (QED) is 0.777. The van der Waals surface area contributed by atoms with Crippen molar-refractivity contribution in [1.82, 2.24) is 0 Å². The van der Waals surface area contributed by atoms with Crippen LogP contribution in [0.3, 0.4) is 0 Å². The summed E-state index contributed by atoms with van der Waals surface area (Å²) in [5.41, 5.74) is 1.41. The summed E-state index contributed by atoms with van der Waals surface area (Å²) in [5, 5.41) is 9.34. The van der Waals surface area contributed by atoms with E-state index in [1.807, 2.05) is 24.3 Å². The molecule has 0 amide bonds. The number of nitriles is 1. The SMILES string of the molecule is COC(=O)C1=C(C(=O)OC)N(c2ccc(C3(C#N)CC3)cc2)C=CC=C1. The molecule has 6 nitrogen and oxygen atoms in total. The van der Waals surface area contributed by atoms with E-state index < -0.39 is 11.9 Å². The zero-order chi connectivity index (χ0) is 18.7. The van der Waals surface area contributed by atoms with Gasteiger partial charge < -0.3 is 14.4 Å². The molecule has 1 aromatic carbocycles. The number of anilines is 1. The molecule has 0 aromatic heterocycles. The van der Waals surface area contributed by atoms with Crippen LogP contribution in [0.5, 0.6) is 0 Å². The lowest BCUT2D eigenvalue weighted by molar-refractivity contribution is -0.139. The van der Waals surface area contributed by atoms with Gasteiger partial charge in [-0.05, 0) is 42.7 Å². The fourth-order valence-electron chi connectivity index (χ4n) is 2.90. The summed E-state index contributed by atoms with van der Waals surface area (Å²) in [6.07, 6.45) is 8.26. The second kappa shape index (κ2) is 6.89. The fourth-order valence-corrected chi connectivity index (χ4v) is 2.90. The summed E-state index contributed by atoms with van der Waals surface area (Å²) in [4.78, 5) is 26.1. The maximum Gasteiger partial charge on any atom is 0.355 e. The number of hydrogen-bond acceptors (Lipinski definition) is 6. The molecule has 1 aliphatic carbocycles. The first-order valence-electron chi connectivity index (χ1n) is 8.13. The van der Waals surface area contributed by atoms with Crippen molar-refractivity contribution in [2.45, 2.75) is 18.3 Å². The van der Waals surface area contributed by atoms with Crippen LogP contribution in [0.25, 0.3) is 0 Å². The molecule has 3 rings (SSSR count). The second-order valence-electron chi connectivity index (χ2n) is 6.06. The molecule has 1 aromatic rings. The standard InChI is InChI=1S/C20H18N2O4/c1-25-18(23)16-5-3-4-12-22(17(16)19(24)26-2)15-8-6-14(7-9-15)20(13-21)10-11-20/h3-9,12H,10-11H2,1-2H3. The Kier molecular flexibility index (Phi) is 4.63. The van der Waals surface area contributed by atoms with E-state index in [2.05, 4.69) is 6.07 Å². The van der Waals surface area contributed by atoms with E-state index in [1.165, 1.54) is 20.3 Å². The van der Waals surface area contributed by atoms with Crippen molar-refractivity contribution >= 4 is 17.6 Å². The molecule has 0 unspecified atom stereocenters. The molecule has 1 fully saturated rings. The molecule has 2 aliphatic rings. The number of ether oxygens (including phenoxy) is 2. The lowest BCUT2D eigenvalue weighted by Crippen LogP contribution is -2.27. The van der Waals surface area contributed by atoms with Crippen LogP contribution in [-0.2, 0) is 24.5 Å². The van der Waals surface area contributed by atoms with E-state index in [0.717, 1.165) is 18.4 Å². The molecule has 1 heterocycles. The van der Waals surface area contributed by atoms with Crippen LogP contribution in [-0.4, -0.2) is 26.2 Å². The monoisotopic (exact) mass is 350 g/mol. The summed E-state index contributed by atoms with van der Waals surface area (Å²) in [7, 11) is 2.51. The van der Waals surface area contributed by atoms with E-state index in [4.69, 9.17) is 9.47 Å². The van der Waals surface area contributed by atoms with Gasteiger partial charge in [0.1, 0.15) is 5.70 Å². The van der Waals surface area contributed by atoms with Crippen LogP contribution < -0.4 is 4.90 Å². The Morgan fingerprint density at radius 3 is 2.27 bits per heavy atom. The van der Waals surface area contributed by atoms with Gasteiger partial charge in [-0.1, -0.05) is 18.2 Å². The Balaban J connectivity index is 2.05. The average Bonchev–Trinajstić information content (AvgIpc) is 3.50. The number of rotatable bonds is 4. The first-order valence-corrected chi connectivity index (χ1v) is 8.13. The first-order chi connectivity index (χ1) is 12.6. The lowest BCUT2D eigenvalue weighted by Gasteiger charge is -2.23. The Bertz CT molecular complexity index is 868. The maximum absolute atomic E-state index is 12.4. The number of carbonyl (C=O) groups is 2. The number of esters is 2. The van der Waals surface area contributed by atoms with Gasteiger partial charge in [-0.15, -0.1) is 0 Å². The highest BCUT2D eigenvalue weighted by Crippen LogP contribution is 2.47. The molecule has 0 radical (unpaired) electrons. The van der Waals surface area contributed by atoms with Crippen LogP contribution in [0.2, 0.25) is 0 Å². The molecular weight excluding hydrogens is 332 g/mol. The highest BCUT2D eigenvalue weighted by molar-refractivity contribution is 6.05. The summed E-state index contributed by atoms with van der Waals surface area (Å²) >= 11 is 0. The predicted octanol–water partition coefficient (Wildman–Crippen LogP) is 2.73. The van der Waals surface area contributed by atoms with Crippen molar-refractivity contribution < 1.29 is 19.1 Å². The summed E-state index contributed by atoms with van der Waals surface area (Å²) in [6.45, 7) is 0. The van der Waals surface area contributed by atoms with Gasteiger partial charge in [0.15, 0.2) is 0 Å². The largest absolute Gasteiger partial charge is 0.465 e. The van der Waals surface area contributed by atoms with Crippen molar-refractivity contribution in [3.8, 4) is 6.07 Å². The number of hydrogen-bond donors (Lipinski definition) is 0. The minimum atomic E-state index is -0.652. The normalized spacial score (nSPS) is 17.3. The van der Waals surface area contributed by atoms with Crippen molar-refractivity contribution in [3.05, 3.63) is 65.5 Å². The number of carbonyl (C=O) groups excluding carboxylic acids is 2. The van der Waals surface area contributed by atoms with Crippen LogP contribution >= 0.6 is 0 Å². The van der Waals surface area contributed by atoms with Crippen molar-refractivity contribution in [2.24, 2.45) is 0 Å². The highest BCUT2D eigenvalue weighted by Gasteiger charge is 2.44. The van der Waals surface area contributed by atoms with Crippen molar-refractivity contribution in [2.75, 3.05) is 19.1 Å².